The fourth-order valence-electron chi connectivity index (χ4n) is 4.12. The molecule has 0 bridgehead atoms. The summed E-state index contributed by atoms with van der Waals surface area (Å²) >= 11 is 3.75. The predicted molar refractivity (Wildman–Crippen MR) is 171 cm³/mol. The van der Waals surface area contributed by atoms with Crippen LogP contribution in [0.1, 0.15) is 41.3 Å². The number of hydrogen-bond acceptors (Lipinski definition) is 7. The van der Waals surface area contributed by atoms with Crippen molar-refractivity contribution >= 4 is 68.5 Å². The van der Waals surface area contributed by atoms with Crippen LogP contribution in [-0.4, -0.2) is 17.7 Å². The third kappa shape index (κ3) is 6.78. The van der Waals surface area contributed by atoms with Gasteiger partial charge < -0.3 is 16.0 Å². The molecule has 0 fully saturated rings. The maximum Gasteiger partial charge on any atom is 0.266 e. The summed E-state index contributed by atoms with van der Waals surface area (Å²) in [4.78, 5) is 41.1. The van der Waals surface area contributed by atoms with Gasteiger partial charge in [-0.1, -0.05) is 60.7 Å². The summed E-state index contributed by atoms with van der Waals surface area (Å²) in [5, 5.41) is 20.0. The molecule has 0 aliphatic rings. The van der Waals surface area contributed by atoms with E-state index in [4.69, 9.17) is 0 Å². The van der Waals surface area contributed by atoms with Crippen LogP contribution in [0.3, 0.4) is 0 Å². The van der Waals surface area contributed by atoms with Gasteiger partial charge in [0.1, 0.15) is 16.3 Å². The van der Waals surface area contributed by atoms with Gasteiger partial charge in [-0.15, -0.1) is 34.4 Å². The highest BCUT2D eigenvalue weighted by molar-refractivity contribution is 8.00. The Morgan fingerprint density at radius 3 is 2.19 bits per heavy atom. The fourth-order valence-corrected chi connectivity index (χ4v) is 6.88. The summed E-state index contributed by atoms with van der Waals surface area (Å²) in [6.45, 7) is 1.70. The molecule has 0 aliphatic heterocycles. The summed E-state index contributed by atoms with van der Waals surface area (Å²) in [5.41, 5.74) is 2.77. The molecule has 3 N–H and O–H groups in total. The molecule has 10 heteroatoms. The highest BCUT2D eigenvalue weighted by atomic mass is 32.2. The van der Waals surface area contributed by atoms with E-state index in [1.807, 2.05) is 78.2 Å². The van der Waals surface area contributed by atoms with Crippen LogP contribution in [0.5, 0.6) is 0 Å². The zero-order valence-electron chi connectivity index (χ0n) is 22.3. The number of thioether (sulfide) groups is 1. The van der Waals surface area contributed by atoms with Gasteiger partial charge in [-0.05, 0) is 59.8 Å². The molecule has 0 aliphatic carbocycles. The monoisotopic (exact) mass is 608 g/mol. The Balaban J connectivity index is 1.38. The van der Waals surface area contributed by atoms with Gasteiger partial charge in [-0.25, -0.2) is 0 Å². The van der Waals surface area contributed by atoms with Crippen molar-refractivity contribution in [3.63, 3.8) is 0 Å². The molecule has 0 saturated carbocycles. The van der Waals surface area contributed by atoms with Crippen molar-refractivity contribution in [3.05, 3.63) is 129 Å². The van der Waals surface area contributed by atoms with Gasteiger partial charge in [-0.3, -0.25) is 14.4 Å². The highest BCUT2D eigenvalue weighted by Gasteiger charge is 2.27. The van der Waals surface area contributed by atoms with E-state index < -0.39 is 5.25 Å². The second-order valence-electron chi connectivity index (χ2n) is 9.05. The number of nitrogens with zero attached hydrogens (tertiary/aromatic N) is 1. The Bertz CT molecular complexity index is 1760. The van der Waals surface area contributed by atoms with Crippen molar-refractivity contribution in [1.29, 1.82) is 5.26 Å². The van der Waals surface area contributed by atoms with E-state index in [2.05, 4.69) is 22.0 Å². The van der Waals surface area contributed by atoms with Crippen molar-refractivity contribution in [2.75, 3.05) is 16.0 Å². The molecule has 5 aromatic rings. The Hall–Kier alpha value is -4.69. The minimum absolute atomic E-state index is 0.200. The van der Waals surface area contributed by atoms with Gasteiger partial charge in [0.25, 0.3) is 11.8 Å². The Morgan fingerprint density at radius 2 is 1.50 bits per heavy atom. The first-order valence-electron chi connectivity index (χ1n) is 12.8. The first-order valence-corrected chi connectivity index (χ1v) is 15.4. The molecule has 5 rings (SSSR count). The fraction of sp³-hybridized carbons (Fsp3) is 0.0625. The molecule has 3 amide bonds. The summed E-state index contributed by atoms with van der Waals surface area (Å²) in [5.74, 6) is -0.892. The molecule has 1 unspecified atom stereocenters. The van der Waals surface area contributed by atoms with Crippen LogP contribution in [0.25, 0.3) is 0 Å². The molecule has 2 heterocycles. The predicted octanol–water partition coefficient (Wildman–Crippen LogP) is 7.97. The molecule has 208 valence electrons. The molecule has 0 radical (unpaired) electrons. The van der Waals surface area contributed by atoms with Crippen LogP contribution in [0.2, 0.25) is 0 Å². The van der Waals surface area contributed by atoms with Crippen molar-refractivity contribution in [1.82, 2.24) is 0 Å². The van der Waals surface area contributed by atoms with Crippen LogP contribution >= 0.6 is 34.4 Å². The highest BCUT2D eigenvalue weighted by Crippen LogP contribution is 2.39. The lowest BCUT2D eigenvalue weighted by molar-refractivity contribution is -0.115. The number of benzene rings is 3. The normalized spacial score (nSPS) is 11.2. The lowest BCUT2D eigenvalue weighted by Gasteiger charge is -2.17. The summed E-state index contributed by atoms with van der Waals surface area (Å²) in [6, 6.07) is 31.4. The standard InChI is InChI=1S/C32H24N4O3S3/c1-20-25(19-33)32(42-27(20)30(38)34-22-12-6-3-7-13-22)36-31(39)28(21-10-4-2-5-11-21)41-24-15-8-14-23(18-24)35-29(37)26-16-9-17-40-26/h2-18,28H,1H3,(H,34,38)(H,35,37)(H,36,39). The van der Waals surface area contributed by atoms with Gasteiger partial charge in [0, 0.05) is 16.3 Å². The van der Waals surface area contributed by atoms with Crippen molar-refractivity contribution in [2.24, 2.45) is 0 Å². The number of thiophene rings is 2. The molecule has 2 aromatic heterocycles. The third-order valence-corrected chi connectivity index (χ3v) is 9.49. The molecule has 7 nitrogen and oxygen atoms in total. The van der Waals surface area contributed by atoms with E-state index in [-0.39, 0.29) is 23.3 Å². The largest absolute Gasteiger partial charge is 0.321 e. The van der Waals surface area contributed by atoms with Gasteiger partial charge in [0.05, 0.1) is 15.3 Å². The average molecular weight is 609 g/mol. The maximum absolute atomic E-state index is 13.8. The number of nitrogens with one attached hydrogen (secondary N) is 3. The smallest absolute Gasteiger partial charge is 0.266 e. The van der Waals surface area contributed by atoms with E-state index in [1.54, 1.807) is 31.2 Å². The molecule has 42 heavy (non-hydrogen) atoms. The summed E-state index contributed by atoms with van der Waals surface area (Å²) in [7, 11) is 0. The second kappa shape index (κ2) is 13.3. The van der Waals surface area contributed by atoms with Crippen molar-refractivity contribution in [3.8, 4) is 6.07 Å². The average Bonchev–Trinajstić information content (AvgIpc) is 3.65. The Labute approximate surface area is 255 Å². The number of anilines is 3. The van der Waals surface area contributed by atoms with E-state index in [1.165, 1.54) is 23.1 Å². The van der Waals surface area contributed by atoms with E-state index in [0.717, 1.165) is 21.8 Å². The summed E-state index contributed by atoms with van der Waals surface area (Å²) < 4.78 is 0. The minimum Gasteiger partial charge on any atom is -0.321 e. The number of hydrogen-bond donors (Lipinski definition) is 3. The van der Waals surface area contributed by atoms with Gasteiger partial charge in [-0.2, -0.15) is 5.26 Å². The molecule has 1 atom stereocenters. The lowest BCUT2D eigenvalue weighted by atomic mass is 10.1. The quantitative estimate of drug-likeness (QED) is 0.147. The van der Waals surface area contributed by atoms with Crippen molar-refractivity contribution < 1.29 is 14.4 Å². The number of amides is 3. The first kappa shape index (κ1) is 28.8. The first-order chi connectivity index (χ1) is 20.4. The number of para-hydroxylation sites is 1. The number of carbonyl (C=O) groups excluding carboxylic acids is 3. The number of nitriles is 1. The zero-order chi connectivity index (χ0) is 29.5. The second-order valence-corrected chi connectivity index (χ2v) is 12.2. The van der Waals surface area contributed by atoms with E-state index >= 15 is 0 Å². The van der Waals surface area contributed by atoms with Crippen LogP contribution in [0.4, 0.5) is 16.4 Å². The van der Waals surface area contributed by atoms with E-state index in [0.29, 0.717) is 31.7 Å². The topological polar surface area (TPSA) is 111 Å². The molecular formula is C32H24N4O3S3. The van der Waals surface area contributed by atoms with Crippen LogP contribution in [-0.2, 0) is 4.79 Å². The Kier molecular flexibility index (Phi) is 9.14. The minimum atomic E-state index is -0.676. The maximum atomic E-state index is 13.8. The van der Waals surface area contributed by atoms with Gasteiger partial charge in [0.2, 0.25) is 5.91 Å². The van der Waals surface area contributed by atoms with Crippen LogP contribution in [0.15, 0.2) is 107 Å². The SMILES string of the molecule is Cc1c(C(=O)Nc2ccccc2)sc(NC(=O)C(Sc2cccc(NC(=O)c3cccs3)c2)c2ccccc2)c1C#N. The molecule has 0 spiro atoms. The van der Waals surface area contributed by atoms with Crippen LogP contribution < -0.4 is 16.0 Å². The third-order valence-electron chi connectivity index (χ3n) is 6.16. The van der Waals surface area contributed by atoms with Crippen LogP contribution in [0, 0.1) is 18.3 Å². The van der Waals surface area contributed by atoms with E-state index in [9.17, 15) is 19.6 Å². The molecular weight excluding hydrogens is 585 g/mol. The number of carbonyl (C=O) groups is 3. The van der Waals surface area contributed by atoms with Crippen molar-refractivity contribution in [2.45, 2.75) is 17.1 Å². The summed E-state index contributed by atoms with van der Waals surface area (Å²) in [6.07, 6.45) is 0. The lowest BCUT2D eigenvalue weighted by Crippen LogP contribution is -2.19. The number of rotatable bonds is 9. The Morgan fingerprint density at radius 1 is 0.810 bits per heavy atom. The zero-order valence-corrected chi connectivity index (χ0v) is 24.7. The van der Waals surface area contributed by atoms with Gasteiger partial charge in [0.15, 0.2) is 0 Å². The molecule has 0 saturated heterocycles. The molecule has 3 aromatic carbocycles. The van der Waals surface area contributed by atoms with Gasteiger partial charge >= 0.3 is 0 Å².